The summed E-state index contributed by atoms with van der Waals surface area (Å²) in [6, 6.07) is -0.993. The van der Waals surface area contributed by atoms with Crippen molar-refractivity contribution in [2.24, 2.45) is 0 Å². The Morgan fingerprint density at radius 2 is 0.903 bits per heavy atom. The number of hydrogen-bond donors (Lipinski definition) is 5. The third kappa shape index (κ3) is 10.2. The third-order valence-corrected chi connectivity index (χ3v) is 5.07. The fraction of sp³-hybridized carbons (Fsp3) is 0.722. The zero-order chi connectivity index (χ0) is 23.6. The molecule has 13 heteroatoms. The topological polar surface area (TPSA) is 196 Å². The van der Waals surface area contributed by atoms with Crippen molar-refractivity contribution in [3.63, 3.8) is 0 Å². The summed E-state index contributed by atoms with van der Waals surface area (Å²) < 4.78 is 0. The van der Waals surface area contributed by atoms with Crippen LogP contribution in [0.1, 0.15) is 25.7 Å². The van der Waals surface area contributed by atoms with Crippen LogP contribution in [-0.4, -0.2) is 128 Å². The second-order valence-corrected chi connectivity index (χ2v) is 7.47. The highest BCUT2D eigenvalue weighted by Gasteiger charge is 2.36. The van der Waals surface area contributed by atoms with Gasteiger partial charge in [0.2, 0.25) is 0 Å². The number of carboxylic acids is 5. The van der Waals surface area contributed by atoms with Crippen molar-refractivity contribution in [2.75, 3.05) is 45.8 Å². The van der Waals surface area contributed by atoms with Gasteiger partial charge < -0.3 is 25.5 Å². The van der Waals surface area contributed by atoms with Gasteiger partial charge in [0.15, 0.2) is 0 Å². The molecule has 0 aromatic rings. The number of nitrogens with zero attached hydrogens (tertiary/aromatic N) is 3. The van der Waals surface area contributed by atoms with Gasteiger partial charge in [-0.1, -0.05) is 12.8 Å². The number of carbonyl (C=O) groups is 5. The summed E-state index contributed by atoms with van der Waals surface area (Å²) in [6.45, 7) is -2.54. The molecule has 31 heavy (non-hydrogen) atoms. The van der Waals surface area contributed by atoms with Gasteiger partial charge in [-0.15, -0.1) is 0 Å². The van der Waals surface area contributed by atoms with E-state index >= 15 is 0 Å². The summed E-state index contributed by atoms with van der Waals surface area (Å²) in [5.41, 5.74) is 0. The molecule has 1 saturated carbocycles. The molecule has 1 rings (SSSR count). The number of rotatable bonds is 15. The highest BCUT2D eigenvalue weighted by atomic mass is 16.4. The van der Waals surface area contributed by atoms with Crippen LogP contribution in [-0.2, 0) is 24.0 Å². The van der Waals surface area contributed by atoms with E-state index in [9.17, 15) is 39.3 Å². The fourth-order valence-corrected chi connectivity index (χ4v) is 3.98. The molecule has 0 bridgehead atoms. The van der Waals surface area contributed by atoms with Crippen molar-refractivity contribution in [3.05, 3.63) is 0 Å². The van der Waals surface area contributed by atoms with Crippen molar-refractivity contribution < 1.29 is 49.5 Å². The summed E-state index contributed by atoms with van der Waals surface area (Å²) in [5.74, 6) is -6.02. The van der Waals surface area contributed by atoms with Crippen LogP contribution in [0, 0.1) is 0 Å². The molecule has 176 valence electrons. The average Bonchev–Trinajstić information content (AvgIpc) is 2.62. The van der Waals surface area contributed by atoms with Gasteiger partial charge in [0, 0.05) is 25.2 Å². The molecule has 0 aromatic carbocycles. The molecule has 0 heterocycles. The predicted molar refractivity (Wildman–Crippen MR) is 104 cm³/mol. The maximum Gasteiger partial charge on any atom is 0.317 e. The Balaban J connectivity index is 3.06. The van der Waals surface area contributed by atoms with E-state index in [2.05, 4.69) is 0 Å². The zero-order valence-corrected chi connectivity index (χ0v) is 17.1. The SMILES string of the molecule is O=C(O)CN(CCN(CC(=O)O)C1CCCC[C@H]1N(CC(=O)O)CC(=O)O)CC(=O)O. The van der Waals surface area contributed by atoms with Gasteiger partial charge in [0.25, 0.3) is 0 Å². The van der Waals surface area contributed by atoms with E-state index in [0.717, 1.165) is 17.7 Å². The van der Waals surface area contributed by atoms with E-state index in [-0.39, 0.29) is 13.1 Å². The predicted octanol–water partition coefficient (Wildman–Crippen LogP) is -1.37. The van der Waals surface area contributed by atoms with Gasteiger partial charge in [-0.25, -0.2) is 0 Å². The minimum absolute atomic E-state index is 0.0298. The molecule has 0 aliphatic heterocycles. The minimum Gasteiger partial charge on any atom is -0.480 e. The summed E-state index contributed by atoms with van der Waals surface area (Å²) >= 11 is 0. The highest BCUT2D eigenvalue weighted by Crippen LogP contribution is 2.27. The first kappa shape index (κ1) is 26.3. The molecule has 1 unspecified atom stereocenters. The van der Waals surface area contributed by atoms with Crippen molar-refractivity contribution in [2.45, 2.75) is 37.8 Å². The van der Waals surface area contributed by atoms with Gasteiger partial charge in [0.05, 0.1) is 32.7 Å². The Kier molecular flexibility index (Phi) is 10.9. The van der Waals surface area contributed by atoms with Crippen LogP contribution in [0.15, 0.2) is 0 Å². The number of aliphatic carboxylic acids is 5. The second-order valence-electron chi connectivity index (χ2n) is 7.47. The Morgan fingerprint density at radius 1 is 0.548 bits per heavy atom. The fourth-order valence-electron chi connectivity index (χ4n) is 3.98. The first-order valence-corrected chi connectivity index (χ1v) is 9.79. The van der Waals surface area contributed by atoms with Gasteiger partial charge in [-0.3, -0.25) is 38.7 Å². The maximum atomic E-state index is 11.4. The van der Waals surface area contributed by atoms with E-state index < -0.39 is 74.7 Å². The minimum atomic E-state index is -1.23. The number of hydrogen-bond acceptors (Lipinski definition) is 8. The molecule has 0 saturated heterocycles. The molecule has 0 spiro atoms. The quantitative estimate of drug-likeness (QED) is 0.197. The third-order valence-electron chi connectivity index (χ3n) is 5.07. The summed E-state index contributed by atoms with van der Waals surface area (Å²) in [7, 11) is 0. The zero-order valence-electron chi connectivity index (χ0n) is 17.1. The molecule has 13 nitrogen and oxygen atoms in total. The monoisotopic (exact) mass is 447 g/mol. The molecule has 1 fully saturated rings. The maximum absolute atomic E-state index is 11.4. The highest BCUT2D eigenvalue weighted by molar-refractivity contribution is 5.73. The van der Waals surface area contributed by atoms with E-state index in [1.165, 1.54) is 4.90 Å². The van der Waals surface area contributed by atoms with E-state index in [1.54, 1.807) is 4.90 Å². The smallest absolute Gasteiger partial charge is 0.317 e. The lowest BCUT2D eigenvalue weighted by atomic mass is 9.87. The van der Waals surface area contributed by atoms with Crippen LogP contribution in [0.2, 0.25) is 0 Å². The Bertz CT molecular complexity index is 639. The van der Waals surface area contributed by atoms with Crippen LogP contribution < -0.4 is 0 Å². The van der Waals surface area contributed by atoms with Crippen LogP contribution >= 0.6 is 0 Å². The first-order valence-electron chi connectivity index (χ1n) is 9.79. The molecule has 1 aliphatic rings. The molecular formula is C18H29N3O10. The largest absolute Gasteiger partial charge is 0.480 e. The van der Waals surface area contributed by atoms with E-state index in [1.807, 2.05) is 0 Å². The molecular weight excluding hydrogens is 418 g/mol. The summed E-state index contributed by atoms with van der Waals surface area (Å²) in [4.78, 5) is 59.9. The van der Waals surface area contributed by atoms with Gasteiger partial charge in [-0.2, -0.15) is 0 Å². The summed E-state index contributed by atoms with van der Waals surface area (Å²) in [5, 5.41) is 45.7. The van der Waals surface area contributed by atoms with E-state index in [0.29, 0.717) is 12.8 Å². The summed E-state index contributed by atoms with van der Waals surface area (Å²) in [6.07, 6.45) is 2.45. The van der Waals surface area contributed by atoms with Gasteiger partial charge >= 0.3 is 29.8 Å². The Morgan fingerprint density at radius 3 is 1.29 bits per heavy atom. The van der Waals surface area contributed by atoms with Crippen molar-refractivity contribution in [3.8, 4) is 0 Å². The van der Waals surface area contributed by atoms with Crippen molar-refractivity contribution >= 4 is 29.8 Å². The normalized spacial score (nSPS) is 18.9. The van der Waals surface area contributed by atoms with Gasteiger partial charge in [0.1, 0.15) is 0 Å². The lowest BCUT2D eigenvalue weighted by molar-refractivity contribution is -0.146. The van der Waals surface area contributed by atoms with Crippen molar-refractivity contribution in [1.82, 2.24) is 14.7 Å². The molecule has 1 aliphatic carbocycles. The number of carboxylic acid groups (broad SMARTS) is 5. The average molecular weight is 447 g/mol. The molecule has 0 aromatic heterocycles. The van der Waals surface area contributed by atoms with Crippen LogP contribution in [0.3, 0.4) is 0 Å². The van der Waals surface area contributed by atoms with Crippen LogP contribution in [0.4, 0.5) is 0 Å². The van der Waals surface area contributed by atoms with Gasteiger partial charge in [-0.05, 0) is 12.8 Å². The van der Waals surface area contributed by atoms with Crippen LogP contribution in [0.25, 0.3) is 0 Å². The Hall–Kier alpha value is -2.77. The lowest BCUT2D eigenvalue weighted by Gasteiger charge is -2.44. The van der Waals surface area contributed by atoms with Crippen LogP contribution in [0.5, 0.6) is 0 Å². The Labute approximate surface area is 178 Å². The van der Waals surface area contributed by atoms with E-state index in [4.69, 9.17) is 10.2 Å². The lowest BCUT2D eigenvalue weighted by Crippen LogP contribution is -2.57. The first-order chi connectivity index (χ1) is 14.5. The van der Waals surface area contributed by atoms with Crippen molar-refractivity contribution in [1.29, 1.82) is 0 Å². The molecule has 0 amide bonds. The molecule has 5 N–H and O–H groups in total. The molecule has 0 radical (unpaired) electrons. The molecule has 2 atom stereocenters. The second kappa shape index (κ2) is 12.8. The standard InChI is InChI=1S/C18H29N3O10/c22-14(23)7-19(8-15(24)25)5-6-20(9-16(26)27)12-3-1-2-4-13(12)21(10-17(28)29)11-18(30)31/h12-13H,1-11H2,(H,22,23)(H,24,25)(H,26,27)(H,28,29)(H,30,31)/t12?,13-/m1/s1.